The molecule has 0 fully saturated rings. The number of methoxy groups -OCH3 is 2. The maximum atomic E-state index is 12.1. The van der Waals surface area contributed by atoms with Crippen LogP contribution in [0.2, 0.25) is 0 Å². The lowest BCUT2D eigenvalue weighted by Crippen LogP contribution is -2.27. The van der Waals surface area contributed by atoms with Crippen LogP contribution in [-0.4, -0.2) is 38.6 Å². The monoisotopic (exact) mass is 360 g/mol. The largest absolute Gasteiger partial charge is 0.493 e. The highest BCUT2D eigenvalue weighted by molar-refractivity contribution is 14.1. The molecule has 0 aliphatic carbocycles. The summed E-state index contributed by atoms with van der Waals surface area (Å²) in [6.45, 7) is 0.0449. The van der Waals surface area contributed by atoms with E-state index in [1.165, 1.54) is 19.1 Å². The lowest BCUT2D eigenvalue weighted by molar-refractivity contribution is 0.0810. The molecule has 0 N–H and O–H groups in total. The van der Waals surface area contributed by atoms with Gasteiger partial charge in [-0.25, -0.2) is 0 Å². The minimum atomic E-state index is -0.220. The molecule has 1 aromatic rings. The van der Waals surface area contributed by atoms with Crippen molar-refractivity contribution >= 4 is 28.5 Å². The van der Waals surface area contributed by atoms with Crippen LogP contribution in [0.25, 0.3) is 0 Å². The molecule has 0 spiro atoms. The van der Waals surface area contributed by atoms with E-state index in [1.54, 1.807) is 19.2 Å². The summed E-state index contributed by atoms with van der Waals surface area (Å²) in [5, 5.41) is 8.59. The summed E-state index contributed by atoms with van der Waals surface area (Å²) in [4.78, 5) is 13.4. The number of amides is 1. The first-order chi connectivity index (χ1) is 8.54. The Morgan fingerprint density at radius 2 is 1.94 bits per heavy atom. The van der Waals surface area contributed by atoms with E-state index < -0.39 is 0 Å². The Kier molecular flexibility index (Phi) is 5.22. The summed E-state index contributed by atoms with van der Waals surface area (Å²) in [5.74, 6) is 0.843. The van der Waals surface area contributed by atoms with E-state index in [2.05, 4.69) is 22.6 Å². The van der Waals surface area contributed by atoms with Gasteiger partial charge in [0.15, 0.2) is 11.5 Å². The second-order valence-electron chi connectivity index (χ2n) is 3.51. The van der Waals surface area contributed by atoms with Crippen molar-refractivity contribution in [1.29, 1.82) is 5.26 Å². The van der Waals surface area contributed by atoms with Gasteiger partial charge < -0.3 is 14.4 Å². The van der Waals surface area contributed by atoms with Gasteiger partial charge in [-0.15, -0.1) is 0 Å². The van der Waals surface area contributed by atoms with E-state index in [0.717, 1.165) is 3.57 Å². The fourth-order valence-electron chi connectivity index (χ4n) is 1.40. The summed E-state index contributed by atoms with van der Waals surface area (Å²) >= 11 is 2.05. The number of nitrogens with zero attached hydrogens (tertiary/aromatic N) is 2. The van der Waals surface area contributed by atoms with Gasteiger partial charge in [-0.2, -0.15) is 5.26 Å². The molecule has 0 bridgehead atoms. The molecule has 0 unspecified atom stereocenters. The van der Waals surface area contributed by atoms with Gasteiger partial charge in [0.05, 0.1) is 25.9 Å². The van der Waals surface area contributed by atoms with E-state index >= 15 is 0 Å². The molecule has 18 heavy (non-hydrogen) atoms. The molecular formula is C12H13IN2O3. The van der Waals surface area contributed by atoms with Gasteiger partial charge >= 0.3 is 0 Å². The van der Waals surface area contributed by atoms with Crippen molar-refractivity contribution in [3.05, 3.63) is 21.3 Å². The molecule has 6 heteroatoms. The molecule has 0 atom stereocenters. The van der Waals surface area contributed by atoms with E-state index in [-0.39, 0.29) is 12.5 Å². The van der Waals surface area contributed by atoms with Crippen LogP contribution in [0.5, 0.6) is 11.5 Å². The highest BCUT2D eigenvalue weighted by atomic mass is 127. The third-order valence-corrected chi connectivity index (χ3v) is 3.25. The Bertz CT molecular complexity index is 497. The van der Waals surface area contributed by atoms with Crippen LogP contribution in [0.15, 0.2) is 12.1 Å². The zero-order valence-corrected chi connectivity index (χ0v) is 12.5. The molecule has 0 radical (unpaired) electrons. The first-order valence-electron chi connectivity index (χ1n) is 5.09. The van der Waals surface area contributed by atoms with E-state index in [1.807, 2.05) is 6.07 Å². The molecule has 1 amide bonds. The van der Waals surface area contributed by atoms with E-state index in [9.17, 15) is 4.79 Å². The zero-order valence-electron chi connectivity index (χ0n) is 10.4. The maximum absolute atomic E-state index is 12.1. The summed E-state index contributed by atoms with van der Waals surface area (Å²) in [5.41, 5.74) is 0.492. The number of carbonyl (C=O) groups excluding carboxylic acids is 1. The van der Waals surface area contributed by atoms with Crippen LogP contribution >= 0.6 is 22.6 Å². The standard InChI is InChI=1S/C12H13IN2O3/c1-15(5-4-14)12(16)8-6-10(17-2)11(18-3)7-9(8)13/h6-7H,5H2,1-3H3. The number of rotatable bonds is 4. The van der Waals surface area contributed by atoms with Crippen LogP contribution in [0, 0.1) is 14.9 Å². The Balaban J connectivity index is 3.17. The van der Waals surface area contributed by atoms with Gasteiger partial charge in [0.25, 0.3) is 5.91 Å². The lowest BCUT2D eigenvalue weighted by Gasteiger charge is -2.16. The number of hydrogen-bond donors (Lipinski definition) is 0. The SMILES string of the molecule is COc1cc(I)c(C(=O)N(C)CC#N)cc1OC. The van der Waals surface area contributed by atoms with Gasteiger partial charge in [-0.05, 0) is 34.7 Å². The summed E-state index contributed by atoms with van der Waals surface area (Å²) < 4.78 is 11.1. The predicted molar refractivity (Wildman–Crippen MR) is 74.8 cm³/mol. The average Bonchev–Trinajstić information content (AvgIpc) is 2.37. The van der Waals surface area contributed by atoms with Crippen molar-refractivity contribution in [2.24, 2.45) is 0 Å². The molecule has 0 aliphatic heterocycles. The number of nitriles is 1. The van der Waals surface area contributed by atoms with Crippen molar-refractivity contribution in [3.63, 3.8) is 0 Å². The van der Waals surface area contributed by atoms with Crippen molar-refractivity contribution in [3.8, 4) is 17.6 Å². The van der Waals surface area contributed by atoms with Crippen LogP contribution in [0.3, 0.4) is 0 Å². The third kappa shape index (κ3) is 3.04. The van der Waals surface area contributed by atoms with Crippen LogP contribution in [0.4, 0.5) is 0 Å². The molecule has 5 nitrogen and oxygen atoms in total. The first-order valence-corrected chi connectivity index (χ1v) is 6.17. The van der Waals surface area contributed by atoms with Crippen molar-refractivity contribution < 1.29 is 14.3 Å². The first kappa shape index (κ1) is 14.6. The maximum Gasteiger partial charge on any atom is 0.255 e. The predicted octanol–water partition coefficient (Wildman–Crippen LogP) is 1.90. The molecule has 0 saturated heterocycles. The van der Waals surface area contributed by atoms with Crippen LogP contribution in [-0.2, 0) is 0 Å². The van der Waals surface area contributed by atoms with Crippen molar-refractivity contribution in [2.75, 3.05) is 27.8 Å². The third-order valence-electron chi connectivity index (χ3n) is 2.36. The topological polar surface area (TPSA) is 62.6 Å². The van der Waals surface area contributed by atoms with Gasteiger partial charge in [-0.1, -0.05) is 0 Å². The lowest BCUT2D eigenvalue weighted by atomic mass is 10.1. The number of ether oxygens (including phenoxy) is 2. The summed E-state index contributed by atoms with van der Waals surface area (Å²) in [7, 11) is 4.63. The fourth-order valence-corrected chi connectivity index (χ4v) is 2.07. The van der Waals surface area contributed by atoms with Crippen LogP contribution < -0.4 is 9.47 Å². The van der Waals surface area contributed by atoms with Gasteiger partial charge in [0.1, 0.15) is 6.54 Å². The van der Waals surface area contributed by atoms with Crippen molar-refractivity contribution in [2.45, 2.75) is 0 Å². The Hall–Kier alpha value is -1.49. The molecule has 96 valence electrons. The summed E-state index contributed by atoms with van der Waals surface area (Å²) in [6, 6.07) is 5.29. The number of halogens is 1. The zero-order chi connectivity index (χ0) is 13.7. The smallest absolute Gasteiger partial charge is 0.255 e. The minimum Gasteiger partial charge on any atom is -0.493 e. The Labute approximate surface area is 119 Å². The summed E-state index contributed by atoms with van der Waals surface area (Å²) in [6.07, 6.45) is 0. The van der Waals surface area contributed by atoms with E-state index in [0.29, 0.717) is 17.1 Å². The quantitative estimate of drug-likeness (QED) is 0.608. The molecule has 0 saturated carbocycles. The number of carbonyl (C=O) groups is 1. The molecule has 1 aromatic carbocycles. The van der Waals surface area contributed by atoms with E-state index in [4.69, 9.17) is 14.7 Å². The minimum absolute atomic E-state index is 0.0449. The fraction of sp³-hybridized carbons (Fsp3) is 0.333. The highest BCUT2D eigenvalue weighted by Gasteiger charge is 2.18. The molecule has 0 aliphatic rings. The van der Waals surface area contributed by atoms with Gasteiger partial charge in [0, 0.05) is 10.6 Å². The molecular weight excluding hydrogens is 347 g/mol. The molecule has 1 rings (SSSR count). The molecule has 0 heterocycles. The molecule has 0 aromatic heterocycles. The Morgan fingerprint density at radius 3 is 2.44 bits per heavy atom. The number of hydrogen-bond acceptors (Lipinski definition) is 4. The van der Waals surface area contributed by atoms with Crippen molar-refractivity contribution in [1.82, 2.24) is 4.90 Å². The normalized spacial score (nSPS) is 9.50. The second kappa shape index (κ2) is 6.44. The highest BCUT2D eigenvalue weighted by Crippen LogP contribution is 2.31. The number of benzene rings is 1. The average molecular weight is 360 g/mol. The Morgan fingerprint density at radius 1 is 1.39 bits per heavy atom. The van der Waals surface area contributed by atoms with Gasteiger partial charge in [0.2, 0.25) is 0 Å². The van der Waals surface area contributed by atoms with Gasteiger partial charge in [-0.3, -0.25) is 4.79 Å². The second-order valence-corrected chi connectivity index (χ2v) is 4.67. The van der Waals surface area contributed by atoms with Crippen LogP contribution in [0.1, 0.15) is 10.4 Å².